The number of carbonyl (C=O) groups is 1. The van der Waals surface area contributed by atoms with Gasteiger partial charge in [-0.2, -0.15) is 0 Å². The zero-order valence-electron chi connectivity index (χ0n) is 18.2. The van der Waals surface area contributed by atoms with Crippen LogP contribution in [0.2, 0.25) is 5.02 Å². The zero-order chi connectivity index (χ0) is 22.7. The second-order valence-electron chi connectivity index (χ2n) is 8.57. The molecule has 1 amide bonds. The summed E-state index contributed by atoms with van der Waals surface area (Å²) in [5.74, 6) is 0.666. The minimum atomic E-state index is -3.90. The summed E-state index contributed by atoms with van der Waals surface area (Å²) < 4.78 is 34.1. The molecule has 0 bridgehead atoms. The van der Waals surface area contributed by atoms with Gasteiger partial charge in [-0.15, -0.1) is 0 Å². The second kappa shape index (κ2) is 9.81. The predicted octanol–water partition coefficient (Wildman–Crippen LogP) is 4.62. The second-order valence-corrected chi connectivity index (χ2v) is 10.7. The monoisotopic (exact) mass is 476 g/mol. The van der Waals surface area contributed by atoms with E-state index >= 15 is 0 Å². The molecule has 1 aliphatic carbocycles. The van der Waals surface area contributed by atoms with Gasteiger partial charge in [0.05, 0.1) is 7.11 Å². The first kappa shape index (κ1) is 23.1. The van der Waals surface area contributed by atoms with E-state index in [1.807, 2.05) is 4.90 Å². The topological polar surface area (TPSA) is 75.7 Å². The minimum Gasteiger partial charge on any atom is -0.495 e. The number of amides is 1. The van der Waals surface area contributed by atoms with Gasteiger partial charge < -0.3 is 9.64 Å². The molecule has 172 valence electrons. The summed E-state index contributed by atoms with van der Waals surface area (Å²) >= 11 is 5.90. The van der Waals surface area contributed by atoms with Crippen molar-refractivity contribution in [3.8, 4) is 5.75 Å². The molecule has 8 heteroatoms. The number of ether oxygens (including phenoxy) is 1. The number of nitrogens with one attached hydrogen (secondary N) is 1. The average Bonchev–Trinajstić information content (AvgIpc) is 3.49. The minimum absolute atomic E-state index is 0.0311. The van der Waals surface area contributed by atoms with Crippen LogP contribution in [0.4, 0.5) is 0 Å². The molecule has 2 aromatic rings. The molecule has 1 saturated heterocycles. The van der Waals surface area contributed by atoms with Crippen molar-refractivity contribution in [3.05, 3.63) is 58.6 Å². The van der Waals surface area contributed by atoms with Gasteiger partial charge in [0.1, 0.15) is 10.6 Å². The maximum absolute atomic E-state index is 13.4. The Morgan fingerprint density at radius 1 is 1.09 bits per heavy atom. The van der Waals surface area contributed by atoms with E-state index in [0.29, 0.717) is 16.5 Å². The summed E-state index contributed by atoms with van der Waals surface area (Å²) in [7, 11) is -2.48. The van der Waals surface area contributed by atoms with E-state index in [4.69, 9.17) is 16.3 Å². The van der Waals surface area contributed by atoms with Gasteiger partial charge in [-0.3, -0.25) is 4.79 Å². The zero-order valence-corrected chi connectivity index (χ0v) is 19.8. The van der Waals surface area contributed by atoms with E-state index in [1.165, 1.54) is 38.9 Å². The standard InChI is InChI=1S/C24H29ClN2O4S/c1-31-22-13-10-19(24(28)27-14-4-7-21(27)18-5-2-3-6-18)15-23(22)32(29,30)26-16-17-8-11-20(25)12-9-17/h8-13,15,18,21,26H,2-7,14,16H2,1H3. The van der Waals surface area contributed by atoms with Gasteiger partial charge in [0.2, 0.25) is 10.0 Å². The Bertz CT molecular complexity index is 1070. The average molecular weight is 477 g/mol. The van der Waals surface area contributed by atoms with Crippen LogP contribution in [0, 0.1) is 5.92 Å². The number of methoxy groups -OCH3 is 1. The first-order valence-electron chi connectivity index (χ1n) is 11.1. The lowest BCUT2D eigenvalue weighted by Crippen LogP contribution is -2.39. The van der Waals surface area contributed by atoms with Crippen LogP contribution in [0.3, 0.4) is 0 Å². The Morgan fingerprint density at radius 3 is 2.50 bits per heavy atom. The molecular formula is C24H29ClN2O4S. The van der Waals surface area contributed by atoms with Crippen molar-refractivity contribution in [2.45, 2.75) is 56.0 Å². The maximum Gasteiger partial charge on any atom is 0.254 e. The SMILES string of the molecule is COc1ccc(C(=O)N2CCCC2C2CCCC2)cc1S(=O)(=O)NCc1ccc(Cl)cc1. The Morgan fingerprint density at radius 2 is 1.81 bits per heavy atom. The lowest BCUT2D eigenvalue weighted by Gasteiger charge is -2.29. The van der Waals surface area contributed by atoms with Gasteiger partial charge >= 0.3 is 0 Å². The molecule has 1 saturated carbocycles. The largest absolute Gasteiger partial charge is 0.495 e. The number of hydrogen-bond acceptors (Lipinski definition) is 4. The fraction of sp³-hybridized carbons (Fsp3) is 0.458. The molecular weight excluding hydrogens is 448 g/mol. The molecule has 6 nitrogen and oxygen atoms in total. The molecule has 0 aromatic heterocycles. The summed E-state index contributed by atoms with van der Waals surface area (Å²) in [6.07, 6.45) is 6.83. The van der Waals surface area contributed by atoms with E-state index in [2.05, 4.69) is 4.72 Å². The van der Waals surface area contributed by atoms with Gasteiger partial charge in [-0.1, -0.05) is 36.6 Å². The van der Waals surface area contributed by atoms with Crippen molar-refractivity contribution in [2.24, 2.45) is 5.92 Å². The van der Waals surface area contributed by atoms with Crippen molar-refractivity contribution in [3.63, 3.8) is 0 Å². The highest BCUT2D eigenvalue weighted by atomic mass is 35.5. The molecule has 2 aliphatic rings. The van der Waals surface area contributed by atoms with Crippen molar-refractivity contribution < 1.29 is 17.9 Å². The Kier molecular flexibility index (Phi) is 7.08. The number of sulfonamides is 1. The van der Waals surface area contributed by atoms with Crippen LogP contribution in [0.15, 0.2) is 47.4 Å². The highest BCUT2D eigenvalue weighted by Gasteiger charge is 2.36. The first-order chi connectivity index (χ1) is 15.4. The lowest BCUT2D eigenvalue weighted by atomic mass is 9.95. The van der Waals surface area contributed by atoms with E-state index in [0.717, 1.165) is 24.9 Å². The molecule has 1 atom stereocenters. The predicted molar refractivity (Wildman–Crippen MR) is 124 cm³/mol. The highest BCUT2D eigenvalue weighted by molar-refractivity contribution is 7.89. The van der Waals surface area contributed by atoms with Crippen LogP contribution >= 0.6 is 11.6 Å². The fourth-order valence-electron chi connectivity index (χ4n) is 4.92. The summed E-state index contributed by atoms with van der Waals surface area (Å²) in [6, 6.07) is 11.9. The number of carbonyl (C=O) groups excluding carboxylic acids is 1. The van der Waals surface area contributed by atoms with Gasteiger partial charge in [-0.05, 0) is 67.5 Å². The van der Waals surface area contributed by atoms with Crippen molar-refractivity contribution >= 4 is 27.5 Å². The number of hydrogen-bond donors (Lipinski definition) is 1. The number of benzene rings is 2. The van der Waals surface area contributed by atoms with Crippen molar-refractivity contribution in [1.29, 1.82) is 0 Å². The normalized spacial score (nSPS) is 19.4. The quantitative estimate of drug-likeness (QED) is 0.632. The smallest absolute Gasteiger partial charge is 0.254 e. The molecule has 0 spiro atoms. The third-order valence-electron chi connectivity index (χ3n) is 6.58. The molecule has 4 rings (SSSR count). The molecule has 1 aliphatic heterocycles. The van der Waals surface area contributed by atoms with Crippen LogP contribution in [-0.2, 0) is 16.6 Å². The van der Waals surface area contributed by atoms with E-state index in [9.17, 15) is 13.2 Å². The molecule has 2 aromatic carbocycles. The van der Waals surface area contributed by atoms with E-state index in [1.54, 1.807) is 36.4 Å². The van der Waals surface area contributed by atoms with Crippen LogP contribution in [0.5, 0.6) is 5.75 Å². The van der Waals surface area contributed by atoms with Gasteiger partial charge in [0, 0.05) is 29.7 Å². The molecule has 0 radical (unpaired) electrons. The number of nitrogens with zero attached hydrogens (tertiary/aromatic N) is 1. The van der Waals surface area contributed by atoms with Crippen molar-refractivity contribution in [2.75, 3.05) is 13.7 Å². The van der Waals surface area contributed by atoms with Gasteiger partial charge in [0.25, 0.3) is 5.91 Å². The van der Waals surface area contributed by atoms with Gasteiger partial charge in [0.15, 0.2) is 0 Å². The van der Waals surface area contributed by atoms with Crippen LogP contribution in [0.25, 0.3) is 0 Å². The molecule has 1 unspecified atom stereocenters. The summed E-state index contributed by atoms with van der Waals surface area (Å²) in [4.78, 5) is 15.3. The third-order valence-corrected chi connectivity index (χ3v) is 8.26. The molecule has 1 N–H and O–H groups in total. The fourth-order valence-corrected chi connectivity index (χ4v) is 6.26. The maximum atomic E-state index is 13.4. The lowest BCUT2D eigenvalue weighted by molar-refractivity contribution is 0.0688. The third kappa shape index (κ3) is 4.95. The number of likely N-dealkylation sites (tertiary alicyclic amines) is 1. The highest BCUT2D eigenvalue weighted by Crippen LogP contribution is 2.36. The number of halogens is 1. The van der Waals surface area contributed by atoms with Crippen LogP contribution in [0.1, 0.15) is 54.4 Å². The van der Waals surface area contributed by atoms with Crippen LogP contribution in [-0.4, -0.2) is 38.9 Å². The Balaban J connectivity index is 1.56. The summed E-state index contributed by atoms with van der Waals surface area (Å²) in [5.41, 5.74) is 1.16. The summed E-state index contributed by atoms with van der Waals surface area (Å²) in [6.45, 7) is 0.833. The van der Waals surface area contributed by atoms with Crippen molar-refractivity contribution in [1.82, 2.24) is 9.62 Å². The Labute approximate surface area is 195 Å². The molecule has 2 fully saturated rings. The molecule has 1 heterocycles. The Hall–Kier alpha value is -2.09. The van der Waals surface area contributed by atoms with Gasteiger partial charge in [-0.25, -0.2) is 13.1 Å². The van der Waals surface area contributed by atoms with Crippen LogP contribution < -0.4 is 9.46 Å². The summed E-state index contributed by atoms with van der Waals surface area (Å²) in [5, 5.41) is 0.585. The number of rotatable bonds is 7. The van der Waals surface area contributed by atoms with E-state index in [-0.39, 0.29) is 29.1 Å². The first-order valence-corrected chi connectivity index (χ1v) is 13.0. The van der Waals surface area contributed by atoms with E-state index < -0.39 is 10.0 Å². The molecule has 32 heavy (non-hydrogen) atoms.